The van der Waals surface area contributed by atoms with Crippen LogP contribution in [0, 0.1) is 5.92 Å². The minimum atomic E-state index is -4.98. The summed E-state index contributed by atoms with van der Waals surface area (Å²) in [5, 5.41) is 29.2. The van der Waals surface area contributed by atoms with Crippen LogP contribution in [0.1, 0.15) is 27.0 Å². The summed E-state index contributed by atoms with van der Waals surface area (Å²) >= 11 is 0. The number of halogens is 3. The molecule has 0 bridgehead atoms. The van der Waals surface area contributed by atoms with Crippen molar-refractivity contribution < 1.29 is 38.0 Å². The van der Waals surface area contributed by atoms with Crippen LogP contribution in [-0.4, -0.2) is 27.9 Å². The maximum atomic E-state index is 13.3. The maximum Gasteiger partial charge on any atom is 0.420 e. The molecule has 0 spiro atoms. The number of carboxylic acid groups (broad SMARTS) is 1. The molecular weight excluding hydrogens is 425 g/mol. The van der Waals surface area contributed by atoms with E-state index in [1.54, 1.807) is 6.07 Å². The monoisotopic (exact) mass is 444 g/mol. The summed E-state index contributed by atoms with van der Waals surface area (Å²) in [5.74, 6) is -3.84. The lowest BCUT2D eigenvalue weighted by Crippen LogP contribution is -2.22. The number of carbonyl (C=O) groups is 1. The summed E-state index contributed by atoms with van der Waals surface area (Å²) in [5.41, 5.74) is -0.533. The molecule has 0 aliphatic carbocycles. The summed E-state index contributed by atoms with van der Waals surface area (Å²) in [7, 11) is 0. The van der Waals surface area contributed by atoms with Gasteiger partial charge in [0.15, 0.2) is 11.5 Å². The highest BCUT2D eigenvalue weighted by Gasteiger charge is 2.38. The minimum Gasteiger partial charge on any atom is -0.504 e. The fourth-order valence-corrected chi connectivity index (χ4v) is 4.00. The number of phenolic OH excluding ortho intramolecular Hbond substituents is 1. The molecule has 3 aromatic carbocycles. The average Bonchev–Trinajstić information content (AvgIpc) is 2.74. The molecule has 0 aromatic heterocycles. The molecule has 1 aliphatic rings. The molecule has 0 fully saturated rings. The number of ether oxygens (including phenoxy) is 1. The Bertz CT molecular complexity index is 1170. The topological polar surface area (TPSA) is 87.0 Å². The van der Waals surface area contributed by atoms with Gasteiger partial charge >= 0.3 is 12.1 Å². The normalized spacial score (nSPS) is 15.7. The zero-order valence-corrected chi connectivity index (χ0v) is 16.7. The van der Waals surface area contributed by atoms with Crippen molar-refractivity contribution in [2.24, 2.45) is 5.92 Å². The summed E-state index contributed by atoms with van der Waals surface area (Å²) < 4.78 is 45.8. The van der Waals surface area contributed by atoms with Crippen molar-refractivity contribution in [3.63, 3.8) is 0 Å². The van der Waals surface area contributed by atoms with Crippen molar-refractivity contribution in [1.82, 2.24) is 0 Å². The molecule has 0 saturated heterocycles. The van der Waals surface area contributed by atoms with E-state index in [0.29, 0.717) is 24.8 Å². The van der Waals surface area contributed by atoms with Crippen molar-refractivity contribution in [3.05, 3.63) is 76.9 Å². The first-order valence-corrected chi connectivity index (χ1v) is 9.84. The number of aromatic carboxylic acids is 1. The van der Waals surface area contributed by atoms with Gasteiger partial charge in [-0.1, -0.05) is 42.5 Å². The van der Waals surface area contributed by atoms with Gasteiger partial charge in [0.25, 0.3) is 0 Å². The minimum absolute atomic E-state index is 0.128. The Morgan fingerprint density at radius 2 is 1.75 bits per heavy atom. The Kier molecular flexibility index (Phi) is 5.46. The lowest BCUT2D eigenvalue weighted by atomic mass is 9.89. The number of alkyl halides is 3. The third-order valence-corrected chi connectivity index (χ3v) is 5.52. The number of fused-ring (bicyclic) bond motifs is 1. The molecule has 1 heterocycles. The molecular formula is C24H19F3O5. The molecule has 8 heteroatoms. The Hall–Kier alpha value is -3.68. The van der Waals surface area contributed by atoms with Crippen LogP contribution in [0.3, 0.4) is 0 Å². The van der Waals surface area contributed by atoms with Crippen molar-refractivity contribution in [1.29, 1.82) is 0 Å². The third-order valence-electron chi connectivity index (χ3n) is 5.52. The van der Waals surface area contributed by atoms with Crippen LogP contribution in [-0.2, 0) is 19.0 Å². The molecule has 32 heavy (non-hydrogen) atoms. The molecule has 1 aliphatic heterocycles. The Labute approximate surface area is 181 Å². The highest BCUT2D eigenvalue weighted by Crippen LogP contribution is 2.47. The second-order valence-electron chi connectivity index (χ2n) is 7.74. The lowest BCUT2D eigenvalue weighted by molar-refractivity contribution is -0.138. The van der Waals surface area contributed by atoms with Crippen LogP contribution in [0.2, 0.25) is 0 Å². The van der Waals surface area contributed by atoms with E-state index in [4.69, 9.17) is 4.74 Å². The highest BCUT2D eigenvalue weighted by atomic mass is 19.4. The number of benzene rings is 3. The van der Waals surface area contributed by atoms with Crippen LogP contribution in [0.15, 0.2) is 54.6 Å². The Morgan fingerprint density at radius 1 is 1.03 bits per heavy atom. The van der Waals surface area contributed by atoms with Gasteiger partial charge in [-0.3, -0.25) is 0 Å². The van der Waals surface area contributed by atoms with Crippen LogP contribution in [0.25, 0.3) is 11.1 Å². The Balaban J connectivity index is 1.70. The van der Waals surface area contributed by atoms with Gasteiger partial charge in [-0.25, -0.2) is 4.79 Å². The van der Waals surface area contributed by atoms with Crippen molar-refractivity contribution in [2.75, 3.05) is 6.61 Å². The maximum absolute atomic E-state index is 13.3. The third kappa shape index (κ3) is 4.08. The number of hydrogen-bond donors (Lipinski definition) is 3. The summed E-state index contributed by atoms with van der Waals surface area (Å²) in [6.07, 6.45) is -3.47. The average molecular weight is 444 g/mol. The van der Waals surface area contributed by atoms with Crippen molar-refractivity contribution in [2.45, 2.75) is 19.0 Å². The van der Waals surface area contributed by atoms with E-state index in [1.807, 2.05) is 30.3 Å². The van der Waals surface area contributed by atoms with Gasteiger partial charge in [-0.05, 0) is 41.7 Å². The van der Waals surface area contributed by atoms with E-state index in [-0.39, 0.29) is 17.0 Å². The molecule has 0 amide bonds. The lowest BCUT2D eigenvalue weighted by Gasteiger charge is -2.26. The number of rotatable bonds is 4. The first kappa shape index (κ1) is 21.5. The van der Waals surface area contributed by atoms with E-state index in [1.165, 1.54) is 17.7 Å². The van der Waals surface area contributed by atoms with Gasteiger partial charge in [-0.2, -0.15) is 13.2 Å². The fraction of sp³-hybridized carbons (Fsp3) is 0.208. The zero-order chi connectivity index (χ0) is 23.0. The molecule has 1 unspecified atom stereocenters. The van der Waals surface area contributed by atoms with Crippen LogP contribution < -0.4 is 4.74 Å². The number of carboxylic acids is 1. The van der Waals surface area contributed by atoms with E-state index in [2.05, 4.69) is 0 Å². The van der Waals surface area contributed by atoms with Crippen molar-refractivity contribution in [3.8, 4) is 28.4 Å². The molecule has 3 aromatic rings. The fourth-order valence-electron chi connectivity index (χ4n) is 4.00. The predicted octanol–water partition coefficient (Wildman–Crippen LogP) is 5.28. The predicted molar refractivity (Wildman–Crippen MR) is 110 cm³/mol. The van der Waals surface area contributed by atoms with Gasteiger partial charge in [0, 0.05) is 11.5 Å². The number of aromatic hydroxyl groups is 2. The van der Waals surface area contributed by atoms with E-state index >= 15 is 0 Å². The smallest absolute Gasteiger partial charge is 0.420 e. The van der Waals surface area contributed by atoms with Crippen molar-refractivity contribution >= 4 is 5.97 Å². The van der Waals surface area contributed by atoms with Crippen LogP contribution in [0.5, 0.6) is 17.2 Å². The second-order valence-corrected chi connectivity index (χ2v) is 7.74. The first-order valence-electron chi connectivity index (χ1n) is 9.84. The molecule has 4 rings (SSSR count). The molecule has 0 saturated carbocycles. The SMILES string of the molecule is O=C(O)c1c(-c2ccc3c(c2)OCC(Cc2ccccc2)C3)cc(C(F)(F)F)c(O)c1O. The number of hydrogen-bond acceptors (Lipinski definition) is 4. The summed E-state index contributed by atoms with van der Waals surface area (Å²) in [6, 6.07) is 15.1. The molecule has 5 nitrogen and oxygen atoms in total. The van der Waals surface area contributed by atoms with Gasteiger partial charge in [-0.15, -0.1) is 0 Å². The molecule has 3 N–H and O–H groups in total. The summed E-state index contributed by atoms with van der Waals surface area (Å²) in [4.78, 5) is 11.7. The van der Waals surface area contributed by atoms with Gasteiger partial charge in [0.2, 0.25) is 0 Å². The Morgan fingerprint density at radius 3 is 2.41 bits per heavy atom. The van der Waals surface area contributed by atoms with Gasteiger partial charge in [0.1, 0.15) is 16.9 Å². The van der Waals surface area contributed by atoms with Gasteiger partial charge in [0.05, 0.1) is 6.61 Å². The van der Waals surface area contributed by atoms with Gasteiger partial charge < -0.3 is 20.1 Å². The summed E-state index contributed by atoms with van der Waals surface area (Å²) in [6.45, 7) is 0.408. The van der Waals surface area contributed by atoms with E-state index < -0.39 is 34.8 Å². The van der Waals surface area contributed by atoms with Crippen LogP contribution in [0.4, 0.5) is 13.2 Å². The van der Waals surface area contributed by atoms with E-state index in [9.17, 15) is 33.3 Å². The standard InChI is InChI=1S/C24H19F3O5/c25-24(26,27)18-11-17(20(23(30)31)22(29)21(18)28)15-6-7-16-9-14(12-32-19(16)10-15)8-13-4-2-1-3-5-13/h1-7,10-11,14,28-29H,8-9,12H2,(H,30,31). The first-order chi connectivity index (χ1) is 15.1. The molecule has 166 valence electrons. The highest BCUT2D eigenvalue weighted by molar-refractivity contribution is 6.00. The quantitative estimate of drug-likeness (QED) is 0.477. The largest absolute Gasteiger partial charge is 0.504 e. The second kappa shape index (κ2) is 8.11. The zero-order valence-electron chi connectivity index (χ0n) is 16.7. The van der Waals surface area contributed by atoms with Crippen LogP contribution >= 0.6 is 0 Å². The number of phenols is 2. The molecule has 1 atom stereocenters. The van der Waals surface area contributed by atoms with E-state index in [0.717, 1.165) is 12.0 Å². The molecule has 0 radical (unpaired) electrons.